The fraction of sp³-hybridized carbons (Fsp3) is 0.857. The van der Waals surface area contributed by atoms with Crippen molar-refractivity contribution in [2.45, 2.75) is 10.9 Å². The molecular weight excluding hydrogens is 337 g/mol. The van der Waals surface area contributed by atoms with Crippen LogP contribution < -0.4 is 5.32 Å². The minimum absolute atomic E-state index is 0. The van der Waals surface area contributed by atoms with E-state index in [0.29, 0.717) is 14.0 Å². The standard InChI is InChI=1S/C7H14NO2PS3.BrH/c1-4-10-6(9)5-8-7(11-12,13-2)14-3;/h8H,4-5H2,1-3H3;1H/p+1. The maximum absolute atomic E-state index is 11.1. The van der Waals surface area contributed by atoms with Crippen LogP contribution in [-0.4, -0.2) is 35.6 Å². The monoisotopic (exact) mass is 352 g/mol. The Balaban J connectivity index is 0. The molecule has 8 heteroatoms. The Hall–Kier alpha value is 1.13. The van der Waals surface area contributed by atoms with Gasteiger partial charge in [0.1, 0.15) is 0 Å². The Labute approximate surface area is 116 Å². The van der Waals surface area contributed by atoms with Gasteiger partial charge < -0.3 is 4.74 Å². The van der Waals surface area contributed by atoms with Gasteiger partial charge in [0, 0.05) is 0 Å². The number of ether oxygens (including phenoxy) is 1. The molecule has 0 bridgehead atoms. The molecule has 0 fully saturated rings. The summed E-state index contributed by atoms with van der Waals surface area (Å²) in [6.45, 7) is 2.44. The molecule has 0 spiro atoms. The van der Waals surface area contributed by atoms with E-state index < -0.39 is 0 Å². The second-order valence-corrected chi connectivity index (χ2v) is 6.88. The van der Waals surface area contributed by atoms with Gasteiger partial charge in [-0.2, -0.15) is 0 Å². The van der Waals surface area contributed by atoms with Crippen molar-refractivity contribution in [1.29, 1.82) is 0 Å². The van der Waals surface area contributed by atoms with Gasteiger partial charge in [0.2, 0.25) is 7.36 Å². The second kappa shape index (κ2) is 10.3. The maximum Gasteiger partial charge on any atom is 0.320 e. The lowest BCUT2D eigenvalue weighted by Gasteiger charge is -2.18. The molecule has 0 aromatic heterocycles. The molecule has 15 heavy (non-hydrogen) atoms. The third-order valence-electron chi connectivity index (χ3n) is 1.48. The van der Waals surface area contributed by atoms with Crippen LogP contribution in [0.15, 0.2) is 0 Å². The minimum Gasteiger partial charge on any atom is -0.465 e. The van der Waals surface area contributed by atoms with Crippen LogP contribution in [0.1, 0.15) is 6.92 Å². The number of nitrogens with one attached hydrogen (secondary N) is 1. The number of halogens is 1. The Morgan fingerprint density at radius 1 is 1.53 bits per heavy atom. The lowest BCUT2D eigenvalue weighted by molar-refractivity contribution is -0.141. The number of carbonyl (C=O) groups is 1. The molecule has 90 valence electrons. The van der Waals surface area contributed by atoms with E-state index in [1.165, 1.54) is 0 Å². The van der Waals surface area contributed by atoms with Crippen molar-refractivity contribution in [1.82, 2.24) is 5.32 Å². The van der Waals surface area contributed by atoms with Crippen LogP contribution in [-0.2, 0) is 21.3 Å². The van der Waals surface area contributed by atoms with Gasteiger partial charge in [-0.25, -0.2) is 5.32 Å². The van der Waals surface area contributed by atoms with Crippen molar-refractivity contribution in [3.63, 3.8) is 0 Å². The molecule has 1 unspecified atom stereocenters. The Bertz CT molecular complexity index is 205. The van der Waals surface area contributed by atoms with Crippen LogP contribution in [0.3, 0.4) is 0 Å². The van der Waals surface area contributed by atoms with Crippen LogP contribution >= 0.6 is 47.9 Å². The molecule has 3 nitrogen and oxygen atoms in total. The summed E-state index contributed by atoms with van der Waals surface area (Å²) in [5, 5.41) is 3.13. The molecule has 0 aromatic carbocycles. The van der Waals surface area contributed by atoms with Gasteiger partial charge in [-0.15, -0.1) is 17.0 Å². The van der Waals surface area contributed by atoms with Gasteiger partial charge in [0.25, 0.3) is 3.94 Å². The van der Waals surface area contributed by atoms with Gasteiger partial charge in [-0.05, 0) is 19.4 Å². The lowest BCUT2D eigenvalue weighted by Crippen LogP contribution is -2.37. The molecule has 1 N–H and O–H groups in total. The molecule has 0 aromatic rings. The van der Waals surface area contributed by atoms with Crippen molar-refractivity contribution in [3.05, 3.63) is 0 Å². The first kappa shape index (κ1) is 18.5. The summed E-state index contributed by atoms with van der Waals surface area (Å²) < 4.78 is 4.60. The first-order chi connectivity index (χ1) is 6.64. The van der Waals surface area contributed by atoms with Crippen molar-refractivity contribution in [3.8, 4) is 0 Å². The number of hydrogen-bond donors (Lipinski definition) is 1. The Kier molecular flexibility index (Phi) is 12.7. The van der Waals surface area contributed by atoms with Crippen LogP contribution in [0.2, 0.25) is 0 Å². The van der Waals surface area contributed by atoms with Gasteiger partial charge in [0.15, 0.2) is 11.8 Å². The zero-order chi connectivity index (χ0) is 11.0. The predicted octanol–water partition coefficient (Wildman–Crippen LogP) is 2.19. The molecule has 0 saturated heterocycles. The van der Waals surface area contributed by atoms with Gasteiger partial charge >= 0.3 is 5.97 Å². The van der Waals surface area contributed by atoms with Gasteiger partial charge in [-0.1, -0.05) is 23.5 Å². The van der Waals surface area contributed by atoms with E-state index in [4.69, 9.17) is 16.5 Å². The average molecular weight is 353 g/mol. The number of carbonyl (C=O) groups excluding carboxylic acids is 1. The van der Waals surface area contributed by atoms with Crippen molar-refractivity contribution < 1.29 is 9.53 Å². The average Bonchev–Trinajstić information content (AvgIpc) is 2.21. The number of rotatable bonds is 7. The third-order valence-corrected chi connectivity index (χ3v) is 7.89. The summed E-state index contributed by atoms with van der Waals surface area (Å²) in [6, 6.07) is 0. The summed E-state index contributed by atoms with van der Waals surface area (Å²) in [6.07, 6.45) is 3.96. The summed E-state index contributed by atoms with van der Waals surface area (Å²) in [5.74, 6) is -0.228. The van der Waals surface area contributed by atoms with E-state index in [2.05, 4.69) is 5.32 Å². The number of esters is 1. The second-order valence-electron chi connectivity index (χ2n) is 2.29. The molecular formula is C7H16BrNO2PS3+. The fourth-order valence-electron chi connectivity index (χ4n) is 0.748. The van der Waals surface area contributed by atoms with E-state index in [-0.39, 0.29) is 33.4 Å². The fourth-order valence-corrected chi connectivity index (χ4v) is 4.39. The third kappa shape index (κ3) is 7.13. The highest BCUT2D eigenvalue weighted by Crippen LogP contribution is 2.40. The van der Waals surface area contributed by atoms with E-state index >= 15 is 0 Å². The van der Waals surface area contributed by atoms with Crippen LogP contribution in [0.5, 0.6) is 0 Å². The number of thioether (sulfide) groups is 2. The van der Waals surface area contributed by atoms with Crippen LogP contribution in [0, 0.1) is 0 Å². The highest BCUT2D eigenvalue weighted by Gasteiger charge is 2.34. The maximum atomic E-state index is 11.1. The quantitative estimate of drug-likeness (QED) is 0.430. The molecule has 0 aliphatic carbocycles. The van der Waals surface area contributed by atoms with Crippen molar-refractivity contribution >= 4 is 65.6 Å². The van der Waals surface area contributed by atoms with E-state index in [9.17, 15) is 4.79 Å². The summed E-state index contributed by atoms with van der Waals surface area (Å²) in [4.78, 5) is 11.1. The van der Waals surface area contributed by atoms with Gasteiger partial charge in [-0.3, -0.25) is 4.79 Å². The Morgan fingerprint density at radius 3 is 2.40 bits per heavy atom. The molecule has 0 aliphatic heterocycles. The van der Waals surface area contributed by atoms with Crippen LogP contribution in [0.25, 0.3) is 0 Å². The first-order valence-electron chi connectivity index (χ1n) is 4.04. The normalized spacial score (nSPS) is 10.9. The van der Waals surface area contributed by atoms with Gasteiger partial charge in [0.05, 0.1) is 13.2 Å². The van der Waals surface area contributed by atoms with Crippen molar-refractivity contribution in [2.24, 2.45) is 0 Å². The Morgan fingerprint density at radius 2 is 2.07 bits per heavy atom. The predicted molar refractivity (Wildman–Crippen MR) is 80.4 cm³/mol. The smallest absolute Gasteiger partial charge is 0.320 e. The number of hydrogen-bond acceptors (Lipinski definition) is 6. The first-order valence-corrected chi connectivity index (χ1v) is 8.62. The zero-order valence-electron chi connectivity index (χ0n) is 8.86. The molecule has 0 saturated carbocycles. The zero-order valence-corrected chi connectivity index (χ0v) is 14.0. The minimum atomic E-state index is -0.228. The lowest BCUT2D eigenvalue weighted by atomic mass is 10.6. The van der Waals surface area contributed by atoms with E-state index in [1.54, 1.807) is 30.4 Å². The highest BCUT2D eigenvalue weighted by molar-refractivity contribution is 8.93. The SMILES string of the molecule is Br.CCOC(=O)CNC([PH+]=S)(SC)SC. The van der Waals surface area contributed by atoms with E-state index in [0.717, 1.165) is 0 Å². The molecule has 0 amide bonds. The topological polar surface area (TPSA) is 38.3 Å². The summed E-state index contributed by atoms with van der Waals surface area (Å²) in [5.41, 5.74) is 0. The molecule has 0 rings (SSSR count). The summed E-state index contributed by atoms with van der Waals surface area (Å²) in [7, 11) is 0.311. The highest BCUT2D eigenvalue weighted by atomic mass is 79.9. The summed E-state index contributed by atoms with van der Waals surface area (Å²) >= 11 is 8.33. The largest absolute Gasteiger partial charge is 0.465 e. The molecule has 0 heterocycles. The van der Waals surface area contributed by atoms with E-state index in [1.807, 2.05) is 12.5 Å². The van der Waals surface area contributed by atoms with Crippen LogP contribution in [0.4, 0.5) is 0 Å². The van der Waals surface area contributed by atoms with Crippen molar-refractivity contribution in [2.75, 3.05) is 25.7 Å². The molecule has 0 radical (unpaired) electrons. The molecule has 1 atom stereocenters. The molecule has 0 aliphatic rings.